The van der Waals surface area contributed by atoms with E-state index in [-0.39, 0.29) is 0 Å². The minimum Gasteiger partial charge on any atom is -0.438 e. The van der Waals surface area contributed by atoms with E-state index < -0.39 is 0 Å². The zero-order valence-electron chi connectivity index (χ0n) is 22.3. The van der Waals surface area contributed by atoms with Crippen molar-refractivity contribution in [3.63, 3.8) is 0 Å². The van der Waals surface area contributed by atoms with Gasteiger partial charge in [-0.3, -0.25) is 9.13 Å². The van der Waals surface area contributed by atoms with Crippen molar-refractivity contribution in [1.82, 2.24) is 19.3 Å². The summed E-state index contributed by atoms with van der Waals surface area (Å²) in [6.07, 6.45) is 0. The highest BCUT2D eigenvalue weighted by Gasteiger charge is 2.24. The molecule has 0 unspecified atom stereocenters. The number of nitrogens with zero attached hydrogens (tertiary/aromatic N) is 4. The molecule has 0 atom stereocenters. The number of rotatable bonds is 4. The molecule has 5 nitrogen and oxygen atoms in total. The van der Waals surface area contributed by atoms with E-state index in [2.05, 4.69) is 100 Å². The van der Waals surface area contributed by atoms with E-state index in [1.165, 1.54) is 4.70 Å². The second kappa shape index (κ2) is 9.03. The number of hydrogen-bond acceptors (Lipinski definition) is 4. The molecule has 0 fully saturated rings. The number of thiophene rings is 1. The Hall–Kier alpha value is -5.46. The molecular weight excluding hydrogens is 536 g/mol. The van der Waals surface area contributed by atoms with Crippen molar-refractivity contribution in [2.45, 2.75) is 0 Å². The van der Waals surface area contributed by atoms with Crippen LogP contribution in [0.3, 0.4) is 0 Å². The Kier molecular flexibility index (Phi) is 5.00. The predicted molar refractivity (Wildman–Crippen MR) is 172 cm³/mol. The summed E-state index contributed by atoms with van der Waals surface area (Å²) in [5.74, 6) is 1.60. The highest BCUT2D eigenvalue weighted by Crippen LogP contribution is 2.46. The summed E-state index contributed by atoms with van der Waals surface area (Å²) in [5, 5.41) is 12.9. The SMILES string of the molecule is c1ccc(-c2nnc(-c3ccc4c(c3)c3c5sc6ccccc6c5oc3n4-c3ccccc3)n2-c2ccccc2)cc1. The Balaban J connectivity index is 1.36. The van der Waals surface area contributed by atoms with E-state index in [1.807, 2.05) is 42.5 Å². The Morgan fingerprint density at radius 2 is 1.17 bits per heavy atom. The van der Waals surface area contributed by atoms with Gasteiger partial charge in [0.05, 0.1) is 15.6 Å². The molecule has 9 rings (SSSR count). The number of benzene rings is 5. The highest BCUT2D eigenvalue weighted by molar-refractivity contribution is 7.26. The molecule has 0 saturated carbocycles. The Morgan fingerprint density at radius 1 is 0.548 bits per heavy atom. The molecule has 42 heavy (non-hydrogen) atoms. The Bertz CT molecular complexity index is 2400. The van der Waals surface area contributed by atoms with Gasteiger partial charge in [0.2, 0.25) is 5.71 Å². The topological polar surface area (TPSA) is 48.8 Å². The first kappa shape index (κ1) is 23.3. The number of hydrogen-bond donors (Lipinski definition) is 0. The fourth-order valence-corrected chi connectivity index (χ4v) is 7.19. The minimum atomic E-state index is 0.790. The summed E-state index contributed by atoms with van der Waals surface area (Å²) < 4.78 is 13.5. The molecule has 198 valence electrons. The summed E-state index contributed by atoms with van der Waals surface area (Å²) in [4.78, 5) is 0. The van der Waals surface area contributed by atoms with Crippen molar-refractivity contribution in [2.24, 2.45) is 0 Å². The Morgan fingerprint density at radius 3 is 1.90 bits per heavy atom. The van der Waals surface area contributed by atoms with Gasteiger partial charge in [0.1, 0.15) is 0 Å². The van der Waals surface area contributed by atoms with E-state index in [4.69, 9.17) is 14.6 Å². The predicted octanol–water partition coefficient (Wildman–Crippen LogP) is 9.66. The zero-order chi connectivity index (χ0) is 27.6. The van der Waals surface area contributed by atoms with Gasteiger partial charge in [-0.2, -0.15) is 0 Å². The molecule has 0 aliphatic heterocycles. The maximum Gasteiger partial charge on any atom is 0.214 e. The van der Waals surface area contributed by atoms with Crippen molar-refractivity contribution in [3.05, 3.63) is 133 Å². The molecule has 0 N–H and O–H groups in total. The van der Waals surface area contributed by atoms with Gasteiger partial charge in [-0.15, -0.1) is 21.5 Å². The lowest BCUT2D eigenvalue weighted by molar-refractivity contribution is 0.649. The van der Waals surface area contributed by atoms with Crippen molar-refractivity contribution >= 4 is 53.7 Å². The van der Waals surface area contributed by atoms with Crippen LogP contribution in [-0.4, -0.2) is 19.3 Å². The quantitative estimate of drug-likeness (QED) is 0.216. The van der Waals surface area contributed by atoms with Crippen LogP contribution in [0.15, 0.2) is 138 Å². The zero-order valence-corrected chi connectivity index (χ0v) is 23.1. The van der Waals surface area contributed by atoms with Gasteiger partial charge in [0.25, 0.3) is 0 Å². The number of furan rings is 1. The lowest BCUT2D eigenvalue weighted by Crippen LogP contribution is -2.00. The van der Waals surface area contributed by atoms with Gasteiger partial charge in [0, 0.05) is 38.0 Å². The first-order valence-electron chi connectivity index (χ1n) is 13.9. The van der Waals surface area contributed by atoms with Gasteiger partial charge in [-0.1, -0.05) is 78.9 Å². The van der Waals surface area contributed by atoms with Crippen LogP contribution >= 0.6 is 11.3 Å². The van der Waals surface area contributed by atoms with Crippen molar-refractivity contribution in [2.75, 3.05) is 0 Å². The first-order chi connectivity index (χ1) is 20.8. The molecule has 6 heteroatoms. The molecule has 0 saturated heterocycles. The molecule has 9 aromatic rings. The number of fused-ring (bicyclic) bond motifs is 7. The van der Waals surface area contributed by atoms with E-state index in [9.17, 15) is 0 Å². The minimum absolute atomic E-state index is 0.790. The molecule has 4 heterocycles. The molecule has 0 radical (unpaired) electrons. The van der Waals surface area contributed by atoms with Gasteiger partial charge in [-0.05, 0) is 54.6 Å². The lowest BCUT2D eigenvalue weighted by atomic mass is 10.1. The monoisotopic (exact) mass is 558 g/mol. The number of aromatic nitrogens is 4. The summed E-state index contributed by atoms with van der Waals surface area (Å²) >= 11 is 1.78. The van der Waals surface area contributed by atoms with Crippen molar-refractivity contribution in [1.29, 1.82) is 0 Å². The van der Waals surface area contributed by atoms with Crippen LogP contribution in [0.5, 0.6) is 0 Å². The third-order valence-electron chi connectivity index (χ3n) is 7.88. The summed E-state index contributed by atoms with van der Waals surface area (Å²) in [6, 6.07) is 46.0. The molecule has 4 aromatic heterocycles. The molecule has 0 aliphatic rings. The van der Waals surface area contributed by atoms with E-state index in [0.29, 0.717) is 0 Å². The third kappa shape index (κ3) is 3.36. The van der Waals surface area contributed by atoms with Crippen molar-refractivity contribution < 1.29 is 4.42 Å². The van der Waals surface area contributed by atoms with Crippen LogP contribution in [0.2, 0.25) is 0 Å². The average Bonchev–Trinajstić information content (AvgIpc) is 3.81. The second-order valence-corrected chi connectivity index (χ2v) is 11.4. The van der Waals surface area contributed by atoms with Crippen molar-refractivity contribution in [3.8, 4) is 34.2 Å². The van der Waals surface area contributed by atoms with Crippen LogP contribution in [-0.2, 0) is 0 Å². The van der Waals surface area contributed by atoms with E-state index in [0.717, 1.165) is 71.8 Å². The van der Waals surface area contributed by atoms with Gasteiger partial charge in [0.15, 0.2) is 17.2 Å². The molecular formula is C36H22N4OS. The van der Waals surface area contributed by atoms with E-state index in [1.54, 1.807) is 11.3 Å². The maximum absolute atomic E-state index is 6.72. The normalized spacial score (nSPS) is 11.8. The van der Waals surface area contributed by atoms with Crippen LogP contribution in [0.1, 0.15) is 0 Å². The summed E-state index contributed by atoms with van der Waals surface area (Å²) in [5.41, 5.74) is 6.97. The molecule has 5 aromatic carbocycles. The molecule has 0 bridgehead atoms. The standard InChI is InChI=1S/C36H22N4OS/c1-4-12-23(13-5-1)34-37-38-35(40(34)26-16-8-3-9-17-26)24-20-21-29-28(22-24)31-33-32(27-18-10-11-19-30(27)42-33)41-36(31)39(29)25-14-6-2-7-15-25/h1-22H. The lowest BCUT2D eigenvalue weighted by Gasteiger charge is -2.11. The summed E-state index contributed by atoms with van der Waals surface area (Å²) in [6.45, 7) is 0. The third-order valence-corrected chi connectivity index (χ3v) is 9.05. The van der Waals surface area contributed by atoms with Gasteiger partial charge < -0.3 is 4.42 Å². The largest absolute Gasteiger partial charge is 0.438 e. The smallest absolute Gasteiger partial charge is 0.214 e. The molecule has 0 amide bonds. The van der Waals surface area contributed by atoms with Crippen LogP contribution in [0.4, 0.5) is 0 Å². The van der Waals surface area contributed by atoms with Crippen LogP contribution < -0.4 is 0 Å². The summed E-state index contributed by atoms with van der Waals surface area (Å²) in [7, 11) is 0. The molecule has 0 spiro atoms. The van der Waals surface area contributed by atoms with Gasteiger partial charge >= 0.3 is 0 Å². The molecule has 0 aliphatic carbocycles. The number of para-hydroxylation sites is 2. The Labute approximate surface area is 244 Å². The van der Waals surface area contributed by atoms with Crippen LogP contribution in [0, 0.1) is 0 Å². The van der Waals surface area contributed by atoms with Gasteiger partial charge in [-0.25, -0.2) is 0 Å². The maximum atomic E-state index is 6.72. The second-order valence-electron chi connectivity index (χ2n) is 10.3. The average molecular weight is 559 g/mol. The van der Waals surface area contributed by atoms with Crippen LogP contribution in [0.25, 0.3) is 76.5 Å². The highest BCUT2D eigenvalue weighted by atomic mass is 32.1. The van der Waals surface area contributed by atoms with E-state index >= 15 is 0 Å². The fourth-order valence-electron chi connectivity index (χ4n) is 6.01. The fraction of sp³-hybridized carbons (Fsp3) is 0. The first-order valence-corrected chi connectivity index (χ1v) is 14.7.